The number of carbonyl (C=O) groups is 2. The molecule has 0 aromatic heterocycles. The SMILES string of the molecule is C=C1C(=O)OC2C=C(C)CCC3OC3(COC(C)=O)CC(O)C12. The molecule has 6 nitrogen and oxygen atoms in total. The molecule has 3 aliphatic rings. The molecular formula is C17H22O6. The Morgan fingerprint density at radius 1 is 1.57 bits per heavy atom. The lowest BCUT2D eigenvalue weighted by Gasteiger charge is -2.25. The lowest BCUT2D eigenvalue weighted by molar-refractivity contribution is -0.143. The first-order valence-corrected chi connectivity index (χ1v) is 7.89. The van der Waals surface area contributed by atoms with E-state index in [0.717, 1.165) is 18.4 Å². The molecule has 0 saturated carbocycles. The van der Waals surface area contributed by atoms with Crippen LogP contribution in [-0.4, -0.2) is 47.6 Å². The Morgan fingerprint density at radius 3 is 3.00 bits per heavy atom. The highest BCUT2D eigenvalue weighted by Gasteiger charge is 2.59. The van der Waals surface area contributed by atoms with Crippen molar-refractivity contribution in [2.24, 2.45) is 5.92 Å². The van der Waals surface area contributed by atoms with Gasteiger partial charge in [0.2, 0.25) is 0 Å². The predicted octanol–water partition coefficient (Wildman–Crippen LogP) is 1.28. The molecule has 23 heavy (non-hydrogen) atoms. The quantitative estimate of drug-likeness (QED) is 0.357. The number of rotatable bonds is 2. The third kappa shape index (κ3) is 3.05. The number of aliphatic hydroxyl groups excluding tert-OH is 1. The first kappa shape index (κ1) is 16.2. The van der Waals surface area contributed by atoms with E-state index >= 15 is 0 Å². The van der Waals surface area contributed by atoms with Crippen LogP contribution in [0.4, 0.5) is 0 Å². The van der Waals surface area contributed by atoms with E-state index in [2.05, 4.69) is 6.58 Å². The summed E-state index contributed by atoms with van der Waals surface area (Å²) in [5.41, 5.74) is 0.694. The molecule has 5 atom stereocenters. The summed E-state index contributed by atoms with van der Waals surface area (Å²) in [6, 6.07) is 0. The van der Waals surface area contributed by atoms with Crippen molar-refractivity contribution in [2.75, 3.05) is 6.61 Å². The molecular weight excluding hydrogens is 300 g/mol. The molecule has 2 saturated heterocycles. The fourth-order valence-electron chi connectivity index (χ4n) is 3.56. The standard InChI is InChI=1S/C17H22O6/c1-9-4-5-14-17(23-14,8-21-11(3)18)7-12(19)15-10(2)16(20)22-13(15)6-9/h6,12-15,19H,2,4-5,7-8H2,1,3H3. The van der Waals surface area contributed by atoms with Gasteiger partial charge in [-0.1, -0.05) is 12.2 Å². The summed E-state index contributed by atoms with van der Waals surface area (Å²) < 4.78 is 16.2. The normalized spacial score (nSPS) is 39.7. The van der Waals surface area contributed by atoms with Gasteiger partial charge in [-0.25, -0.2) is 4.79 Å². The summed E-state index contributed by atoms with van der Waals surface area (Å²) in [5.74, 6) is -1.34. The summed E-state index contributed by atoms with van der Waals surface area (Å²) in [4.78, 5) is 22.9. The molecule has 2 fully saturated rings. The molecule has 3 rings (SSSR count). The Bertz CT molecular complexity index is 580. The zero-order chi connectivity index (χ0) is 16.8. The molecule has 0 spiro atoms. The van der Waals surface area contributed by atoms with Gasteiger partial charge in [0.1, 0.15) is 18.3 Å². The van der Waals surface area contributed by atoms with Crippen molar-refractivity contribution in [1.29, 1.82) is 0 Å². The van der Waals surface area contributed by atoms with Gasteiger partial charge in [0.25, 0.3) is 0 Å². The Labute approximate surface area is 135 Å². The highest BCUT2D eigenvalue weighted by molar-refractivity contribution is 5.91. The molecule has 0 amide bonds. The van der Waals surface area contributed by atoms with Gasteiger partial charge in [-0.3, -0.25) is 4.79 Å². The fourth-order valence-corrected chi connectivity index (χ4v) is 3.56. The third-order valence-corrected chi connectivity index (χ3v) is 4.91. The van der Waals surface area contributed by atoms with E-state index in [1.165, 1.54) is 6.92 Å². The van der Waals surface area contributed by atoms with Crippen molar-refractivity contribution in [3.63, 3.8) is 0 Å². The van der Waals surface area contributed by atoms with E-state index in [9.17, 15) is 14.7 Å². The van der Waals surface area contributed by atoms with Gasteiger partial charge in [-0.05, 0) is 25.8 Å². The van der Waals surface area contributed by atoms with Crippen LogP contribution < -0.4 is 0 Å². The maximum atomic E-state index is 11.8. The van der Waals surface area contributed by atoms with Crippen LogP contribution in [0.2, 0.25) is 0 Å². The second kappa shape index (κ2) is 5.76. The van der Waals surface area contributed by atoms with Crippen LogP contribution >= 0.6 is 0 Å². The highest BCUT2D eigenvalue weighted by Crippen LogP contribution is 2.47. The van der Waals surface area contributed by atoms with Crippen molar-refractivity contribution < 1.29 is 28.9 Å². The number of ether oxygens (including phenoxy) is 3. The van der Waals surface area contributed by atoms with Gasteiger partial charge in [-0.15, -0.1) is 0 Å². The second-order valence-electron chi connectivity index (χ2n) is 6.70. The van der Waals surface area contributed by atoms with Gasteiger partial charge in [-0.2, -0.15) is 0 Å². The predicted molar refractivity (Wildman–Crippen MR) is 80.4 cm³/mol. The van der Waals surface area contributed by atoms with E-state index in [4.69, 9.17) is 14.2 Å². The summed E-state index contributed by atoms with van der Waals surface area (Å²) in [6.07, 6.45) is 2.37. The van der Waals surface area contributed by atoms with Gasteiger partial charge in [0.15, 0.2) is 0 Å². The molecule has 2 aliphatic heterocycles. The second-order valence-corrected chi connectivity index (χ2v) is 6.70. The van der Waals surface area contributed by atoms with Gasteiger partial charge in [0, 0.05) is 18.9 Å². The minimum absolute atomic E-state index is 0.0531. The first-order chi connectivity index (χ1) is 10.8. The number of aliphatic hydroxyl groups is 1. The zero-order valence-corrected chi connectivity index (χ0v) is 13.4. The molecule has 0 bridgehead atoms. The molecule has 0 aromatic carbocycles. The van der Waals surface area contributed by atoms with E-state index in [1.807, 2.05) is 13.0 Å². The number of hydrogen-bond donors (Lipinski definition) is 1. The maximum absolute atomic E-state index is 11.8. The van der Waals surface area contributed by atoms with Crippen LogP contribution in [0.3, 0.4) is 0 Å². The first-order valence-electron chi connectivity index (χ1n) is 7.89. The largest absolute Gasteiger partial charge is 0.463 e. The van der Waals surface area contributed by atoms with E-state index < -0.39 is 29.7 Å². The Hall–Kier alpha value is -1.66. The molecule has 5 unspecified atom stereocenters. The Kier molecular flexibility index (Phi) is 4.06. The summed E-state index contributed by atoms with van der Waals surface area (Å²) in [6.45, 7) is 7.20. The number of epoxide rings is 1. The van der Waals surface area contributed by atoms with E-state index in [0.29, 0.717) is 0 Å². The average Bonchev–Trinajstić information content (AvgIpc) is 3.07. The third-order valence-electron chi connectivity index (χ3n) is 4.91. The molecule has 0 aromatic rings. The molecule has 126 valence electrons. The number of allylic oxidation sites excluding steroid dienone is 1. The highest BCUT2D eigenvalue weighted by atomic mass is 16.6. The molecule has 2 heterocycles. The summed E-state index contributed by atoms with van der Waals surface area (Å²) in [7, 11) is 0. The van der Waals surface area contributed by atoms with Crippen molar-refractivity contribution in [1.82, 2.24) is 0 Å². The number of carbonyl (C=O) groups excluding carboxylic acids is 2. The zero-order valence-electron chi connectivity index (χ0n) is 13.4. The Balaban J connectivity index is 1.84. The lowest BCUT2D eigenvalue weighted by Crippen LogP contribution is -2.36. The van der Waals surface area contributed by atoms with Crippen LogP contribution in [0, 0.1) is 5.92 Å². The van der Waals surface area contributed by atoms with Crippen LogP contribution in [0.1, 0.15) is 33.1 Å². The number of esters is 2. The monoisotopic (exact) mass is 322 g/mol. The molecule has 1 N–H and O–H groups in total. The van der Waals surface area contributed by atoms with Crippen molar-refractivity contribution >= 4 is 11.9 Å². The van der Waals surface area contributed by atoms with Crippen molar-refractivity contribution in [3.05, 3.63) is 23.8 Å². The molecule has 1 aliphatic carbocycles. The summed E-state index contributed by atoms with van der Waals surface area (Å²) in [5, 5.41) is 10.7. The van der Waals surface area contributed by atoms with Crippen molar-refractivity contribution in [3.8, 4) is 0 Å². The number of hydrogen-bond acceptors (Lipinski definition) is 6. The van der Waals surface area contributed by atoms with Crippen LogP contribution in [0.5, 0.6) is 0 Å². The maximum Gasteiger partial charge on any atom is 0.334 e. The van der Waals surface area contributed by atoms with E-state index in [1.54, 1.807) is 0 Å². The topological polar surface area (TPSA) is 85.4 Å². The average molecular weight is 322 g/mol. The molecule has 6 heteroatoms. The fraction of sp³-hybridized carbons (Fsp3) is 0.647. The summed E-state index contributed by atoms with van der Waals surface area (Å²) >= 11 is 0. The van der Waals surface area contributed by atoms with Crippen molar-refractivity contribution in [2.45, 2.75) is 57.0 Å². The van der Waals surface area contributed by atoms with Gasteiger partial charge >= 0.3 is 11.9 Å². The van der Waals surface area contributed by atoms with Crippen LogP contribution in [0.25, 0.3) is 0 Å². The number of fused-ring (bicyclic) bond motifs is 2. The van der Waals surface area contributed by atoms with Crippen LogP contribution in [-0.2, 0) is 23.8 Å². The minimum Gasteiger partial charge on any atom is -0.463 e. The molecule has 0 radical (unpaired) electrons. The smallest absolute Gasteiger partial charge is 0.334 e. The Morgan fingerprint density at radius 2 is 2.30 bits per heavy atom. The van der Waals surface area contributed by atoms with Gasteiger partial charge < -0.3 is 19.3 Å². The lowest BCUT2D eigenvalue weighted by atomic mass is 9.82. The van der Waals surface area contributed by atoms with Crippen LogP contribution in [0.15, 0.2) is 23.8 Å². The minimum atomic E-state index is -0.846. The van der Waals surface area contributed by atoms with E-state index in [-0.39, 0.29) is 30.7 Å². The van der Waals surface area contributed by atoms with Gasteiger partial charge in [0.05, 0.1) is 18.1 Å².